The molecule has 22 heavy (non-hydrogen) atoms. The van der Waals surface area contributed by atoms with Gasteiger partial charge in [0.25, 0.3) is 0 Å². The number of ether oxygens (including phenoxy) is 1. The number of anilines is 1. The smallest absolute Gasteiger partial charge is 0.247 e. The molecule has 0 radical (unpaired) electrons. The summed E-state index contributed by atoms with van der Waals surface area (Å²) < 4.78 is 5.88. The van der Waals surface area contributed by atoms with Crippen molar-refractivity contribution < 1.29 is 9.53 Å². The topological polar surface area (TPSA) is 68.2 Å². The number of aromatic nitrogens is 3. The number of hydrogen-bond donors (Lipinski definition) is 0. The Kier molecular flexibility index (Phi) is 3.98. The average Bonchev–Trinajstić information content (AvgIpc) is 2.60. The van der Waals surface area contributed by atoms with Crippen molar-refractivity contribution in [3.8, 4) is 17.1 Å². The molecule has 6 nitrogen and oxygen atoms in total. The van der Waals surface area contributed by atoms with Crippen LogP contribution in [-0.4, -0.2) is 33.1 Å². The third kappa shape index (κ3) is 2.52. The van der Waals surface area contributed by atoms with Gasteiger partial charge in [-0.1, -0.05) is 36.9 Å². The summed E-state index contributed by atoms with van der Waals surface area (Å²) in [6.45, 7) is 5.36. The molecule has 0 unspecified atom stereocenters. The number of fused-ring (bicyclic) bond motifs is 3. The highest BCUT2D eigenvalue weighted by molar-refractivity contribution is 7.99. The lowest BCUT2D eigenvalue weighted by atomic mass is 10.1. The van der Waals surface area contributed by atoms with E-state index in [0.717, 1.165) is 17.0 Å². The second-order valence-corrected chi connectivity index (χ2v) is 6.04. The molecular formula is C15H16N4O2S. The van der Waals surface area contributed by atoms with Crippen molar-refractivity contribution >= 4 is 23.4 Å². The molecule has 0 fully saturated rings. The zero-order chi connectivity index (χ0) is 15.7. The Balaban J connectivity index is 2.19. The monoisotopic (exact) mass is 316 g/mol. The van der Waals surface area contributed by atoms with Crippen LogP contribution in [0.15, 0.2) is 29.4 Å². The van der Waals surface area contributed by atoms with Gasteiger partial charge < -0.3 is 4.74 Å². The fourth-order valence-corrected chi connectivity index (χ4v) is 2.96. The van der Waals surface area contributed by atoms with E-state index in [2.05, 4.69) is 15.2 Å². The van der Waals surface area contributed by atoms with Crippen molar-refractivity contribution in [1.29, 1.82) is 0 Å². The lowest BCUT2D eigenvalue weighted by molar-refractivity contribution is -0.118. The van der Waals surface area contributed by atoms with Crippen LogP contribution in [0.4, 0.5) is 5.69 Å². The SMILES string of the molecule is CCSc1nnc2c(n1)O[C@@H](C)N(C(C)=O)c1ccccc1-2. The molecule has 0 bridgehead atoms. The van der Waals surface area contributed by atoms with E-state index >= 15 is 0 Å². The van der Waals surface area contributed by atoms with Crippen molar-refractivity contribution in [3.63, 3.8) is 0 Å². The fraction of sp³-hybridized carbons (Fsp3) is 0.333. The molecule has 2 heterocycles. The van der Waals surface area contributed by atoms with Gasteiger partial charge in [-0.3, -0.25) is 9.69 Å². The van der Waals surface area contributed by atoms with Gasteiger partial charge in [-0.2, -0.15) is 4.98 Å². The fourth-order valence-electron chi connectivity index (χ4n) is 2.46. The van der Waals surface area contributed by atoms with E-state index in [1.54, 1.807) is 4.90 Å². The van der Waals surface area contributed by atoms with Crippen LogP contribution in [-0.2, 0) is 4.79 Å². The number of carbonyl (C=O) groups excluding carboxylic acids is 1. The van der Waals surface area contributed by atoms with E-state index < -0.39 is 6.23 Å². The van der Waals surface area contributed by atoms with Gasteiger partial charge in [-0.15, -0.1) is 10.2 Å². The molecule has 1 aliphatic heterocycles. The van der Waals surface area contributed by atoms with Crippen LogP contribution in [0.5, 0.6) is 5.88 Å². The minimum Gasteiger partial charge on any atom is -0.452 e. The number of amides is 1. The molecule has 1 aliphatic rings. The quantitative estimate of drug-likeness (QED) is 0.794. The van der Waals surface area contributed by atoms with E-state index in [-0.39, 0.29) is 5.91 Å². The Morgan fingerprint density at radius 3 is 2.86 bits per heavy atom. The Morgan fingerprint density at radius 2 is 2.14 bits per heavy atom. The molecule has 1 atom stereocenters. The molecule has 2 aromatic rings. The summed E-state index contributed by atoms with van der Waals surface area (Å²) in [4.78, 5) is 18.1. The molecule has 1 aromatic heterocycles. The first-order chi connectivity index (χ1) is 10.6. The minimum absolute atomic E-state index is 0.0936. The predicted octanol–water partition coefficient (Wildman–Crippen LogP) is 2.74. The van der Waals surface area contributed by atoms with Crippen molar-refractivity contribution in [1.82, 2.24) is 15.2 Å². The van der Waals surface area contributed by atoms with Crippen molar-refractivity contribution in [2.75, 3.05) is 10.7 Å². The maximum absolute atomic E-state index is 12.0. The summed E-state index contributed by atoms with van der Waals surface area (Å²) in [7, 11) is 0. The molecule has 114 valence electrons. The van der Waals surface area contributed by atoms with E-state index in [1.807, 2.05) is 38.1 Å². The second-order valence-electron chi connectivity index (χ2n) is 4.80. The molecule has 1 aromatic carbocycles. The molecule has 1 amide bonds. The normalized spacial score (nSPS) is 16.3. The number of nitrogens with zero attached hydrogens (tertiary/aromatic N) is 4. The standard InChI is InChI=1S/C15H16N4O2S/c1-4-22-15-16-14-13(17-18-15)11-7-5-6-8-12(11)19(9(2)20)10(3)21-14/h5-8,10H,4H2,1-3H3/t10-/m0/s1. The summed E-state index contributed by atoms with van der Waals surface area (Å²) in [6, 6.07) is 7.55. The highest BCUT2D eigenvalue weighted by Crippen LogP contribution is 2.39. The van der Waals surface area contributed by atoms with Gasteiger partial charge in [0.2, 0.25) is 16.9 Å². The summed E-state index contributed by atoms with van der Waals surface area (Å²) >= 11 is 1.50. The molecule has 3 rings (SSSR count). The van der Waals surface area contributed by atoms with Crippen LogP contribution in [0, 0.1) is 0 Å². The van der Waals surface area contributed by atoms with Crippen LogP contribution in [0.25, 0.3) is 11.3 Å². The largest absolute Gasteiger partial charge is 0.452 e. The van der Waals surface area contributed by atoms with Gasteiger partial charge in [-0.05, 0) is 18.7 Å². The Morgan fingerprint density at radius 1 is 1.36 bits per heavy atom. The van der Waals surface area contributed by atoms with E-state index in [1.165, 1.54) is 18.7 Å². The van der Waals surface area contributed by atoms with E-state index in [4.69, 9.17) is 4.74 Å². The number of benzene rings is 1. The summed E-state index contributed by atoms with van der Waals surface area (Å²) in [5.74, 6) is 1.17. The highest BCUT2D eigenvalue weighted by atomic mass is 32.2. The lowest BCUT2D eigenvalue weighted by Crippen LogP contribution is -2.40. The number of carbonyl (C=O) groups is 1. The third-order valence-corrected chi connectivity index (χ3v) is 4.03. The van der Waals surface area contributed by atoms with Gasteiger partial charge in [0, 0.05) is 12.5 Å². The molecule has 7 heteroatoms. The van der Waals surface area contributed by atoms with Crippen molar-refractivity contribution in [2.24, 2.45) is 0 Å². The predicted molar refractivity (Wildman–Crippen MR) is 84.9 cm³/mol. The van der Waals surface area contributed by atoms with Crippen LogP contribution >= 0.6 is 11.8 Å². The number of rotatable bonds is 2. The number of para-hydroxylation sites is 1. The summed E-state index contributed by atoms with van der Waals surface area (Å²) in [5, 5.41) is 8.98. The molecule has 0 saturated heterocycles. The first-order valence-corrected chi connectivity index (χ1v) is 8.03. The molecule has 0 aliphatic carbocycles. The summed E-state index contributed by atoms with van der Waals surface area (Å²) in [6.07, 6.45) is -0.462. The van der Waals surface area contributed by atoms with E-state index in [9.17, 15) is 4.79 Å². The van der Waals surface area contributed by atoms with Crippen LogP contribution in [0.2, 0.25) is 0 Å². The third-order valence-electron chi connectivity index (χ3n) is 3.31. The van der Waals surface area contributed by atoms with Gasteiger partial charge in [0.1, 0.15) is 0 Å². The maximum Gasteiger partial charge on any atom is 0.247 e. The van der Waals surface area contributed by atoms with Crippen LogP contribution < -0.4 is 9.64 Å². The van der Waals surface area contributed by atoms with Crippen LogP contribution in [0.1, 0.15) is 20.8 Å². The van der Waals surface area contributed by atoms with E-state index in [0.29, 0.717) is 16.7 Å². The van der Waals surface area contributed by atoms with Gasteiger partial charge >= 0.3 is 0 Å². The molecule has 0 saturated carbocycles. The number of thioether (sulfide) groups is 1. The summed E-state index contributed by atoms with van der Waals surface area (Å²) in [5.41, 5.74) is 2.12. The zero-order valence-corrected chi connectivity index (χ0v) is 13.4. The Labute approximate surface area is 132 Å². The Bertz CT molecular complexity index is 722. The minimum atomic E-state index is -0.462. The number of hydrogen-bond acceptors (Lipinski definition) is 6. The zero-order valence-electron chi connectivity index (χ0n) is 12.6. The van der Waals surface area contributed by atoms with Gasteiger partial charge in [0.15, 0.2) is 11.9 Å². The first kappa shape index (κ1) is 14.8. The maximum atomic E-state index is 12.0. The average molecular weight is 316 g/mol. The lowest BCUT2D eigenvalue weighted by Gasteiger charge is -2.26. The highest BCUT2D eigenvalue weighted by Gasteiger charge is 2.30. The van der Waals surface area contributed by atoms with Gasteiger partial charge in [0.05, 0.1) is 5.69 Å². The van der Waals surface area contributed by atoms with Crippen molar-refractivity contribution in [2.45, 2.75) is 32.2 Å². The Hall–Kier alpha value is -2.15. The van der Waals surface area contributed by atoms with Crippen LogP contribution in [0.3, 0.4) is 0 Å². The molecule has 0 N–H and O–H groups in total. The molecular weight excluding hydrogens is 300 g/mol. The van der Waals surface area contributed by atoms with Crippen molar-refractivity contribution in [3.05, 3.63) is 24.3 Å². The second kappa shape index (κ2) is 5.92. The van der Waals surface area contributed by atoms with Gasteiger partial charge in [-0.25, -0.2) is 0 Å². The first-order valence-electron chi connectivity index (χ1n) is 7.05. The molecule has 0 spiro atoms.